The molecule has 0 saturated heterocycles. The fourth-order valence-corrected chi connectivity index (χ4v) is 2.05. The van der Waals surface area contributed by atoms with E-state index in [1.807, 2.05) is 44.2 Å². The van der Waals surface area contributed by atoms with Crippen LogP contribution in [-0.2, 0) is 10.3 Å². The molecular formula is C20H27Cl. The molecule has 0 nitrogen and oxygen atoms in total. The molecule has 21 heavy (non-hydrogen) atoms. The van der Waals surface area contributed by atoms with Gasteiger partial charge in [0.25, 0.3) is 0 Å². The highest BCUT2D eigenvalue weighted by atomic mass is 35.5. The van der Waals surface area contributed by atoms with E-state index in [9.17, 15) is 0 Å². The average molecular weight is 303 g/mol. The van der Waals surface area contributed by atoms with Crippen molar-refractivity contribution in [3.63, 3.8) is 0 Å². The Kier molecular flexibility index (Phi) is 6.48. The van der Waals surface area contributed by atoms with Crippen LogP contribution in [-0.4, -0.2) is 0 Å². The standard InChI is InChI=1S/C11H16.C9H11Cl/c1-4-11(2,3)10-8-6-5-7-9-10;1-9(2,10)8-6-4-3-5-7-8/h5-9H,4H2,1-3H3;3-7H,1-2H3. The molecule has 0 spiro atoms. The summed E-state index contributed by atoms with van der Waals surface area (Å²) in [7, 11) is 0. The van der Waals surface area contributed by atoms with Crippen LogP contribution in [0.2, 0.25) is 0 Å². The van der Waals surface area contributed by atoms with Crippen molar-refractivity contribution < 1.29 is 0 Å². The zero-order valence-corrected chi connectivity index (χ0v) is 14.6. The van der Waals surface area contributed by atoms with Gasteiger partial charge in [-0.2, -0.15) is 0 Å². The Balaban J connectivity index is 0.000000211. The second kappa shape index (κ2) is 7.66. The van der Waals surface area contributed by atoms with Gasteiger partial charge in [-0.05, 0) is 36.8 Å². The lowest BCUT2D eigenvalue weighted by Gasteiger charge is -2.22. The molecule has 114 valence electrons. The number of hydrogen-bond donors (Lipinski definition) is 0. The summed E-state index contributed by atoms with van der Waals surface area (Å²) in [6.45, 7) is 10.8. The van der Waals surface area contributed by atoms with Gasteiger partial charge in [0.1, 0.15) is 0 Å². The molecule has 0 bridgehead atoms. The number of halogens is 1. The van der Waals surface area contributed by atoms with E-state index in [1.165, 1.54) is 12.0 Å². The van der Waals surface area contributed by atoms with E-state index in [4.69, 9.17) is 11.6 Å². The SMILES string of the molecule is CC(C)(Cl)c1ccccc1.CCC(C)(C)c1ccccc1. The molecule has 0 N–H and O–H groups in total. The highest BCUT2D eigenvalue weighted by Crippen LogP contribution is 2.26. The molecule has 0 radical (unpaired) electrons. The quantitative estimate of drug-likeness (QED) is 0.565. The highest BCUT2D eigenvalue weighted by molar-refractivity contribution is 6.23. The average Bonchev–Trinajstić information content (AvgIpc) is 2.49. The smallest absolute Gasteiger partial charge is 0.0638 e. The monoisotopic (exact) mass is 302 g/mol. The zero-order valence-electron chi connectivity index (χ0n) is 13.9. The van der Waals surface area contributed by atoms with Gasteiger partial charge in [0.2, 0.25) is 0 Å². The summed E-state index contributed by atoms with van der Waals surface area (Å²) in [5.41, 5.74) is 2.93. The summed E-state index contributed by atoms with van der Waals surface area (Å²) in [6.07, 6.45) is 1.19. The molecule has 0 unspecified atom stereocenters. The molecule has 2 rings (SSSR count). The van der Waals surface area contributed by atoms with Crippen molar-refractivity contribution in [2.45, 2.75) is 51.3 Å². The first kappa shape index (κ1) is 17.8. The molecule has 2 aromatic carbocycles. The van der Waals surface area contributed by atoms with Crippen molar-refractivity contribution in [1.29, 1.82) is 0 Å². The van der Waals surface area contributed by atoms with Gasteiger partial charge < -0.3 is 0 Å². The Hall–Kier alpha value is -1.27. The van der Waals surface area contributed by atoms with E-state index < -0.39 is 0 Å². The number of hydrogen-bond acceptors (Lipinski definition) is 0. The molecule has 0 atom stereocenters. The maximum atomic E-state index is 6.06. The molecule has 1 heteroatoms. The lowest BCUT2D eigenvalue weighted by Crippen LogP contribution is -2.14. The number of benzene rings is 2. The Bertz CT molecular complexity index is 507. The first-order valence-corrected chi connectivity index (χ1v) is 7.95. The minimum Gasteiger partial charge on any atom is -0.115 e. The second-order valence-corrected chi connectivity index (χ2v) is 7.39. The van der Waals surface area contributed by atoms with Crippen LogP contribution in [0.15, 0.2) is 60.7 Å². The highest BCUT2D eigenvalue weighted by Gasteiger charge is 2.16. The Morgan fingerprint density at radius 3 is 1.38 bits per heavy atom. The summed E-state index contributed by atoms with van der Waals surface area (Å²) in [5, 5.41) is 0. The van der Waals surface area contributed by atoms with Gasteiger partial charge in [0, 0.05) is 0 Å². The van der Waals surface area contributed by atoms with Gasteiger partial charge in [-0.1, -0.05) is 81.4 Å². The third kappa shape index (κ3) is 5.93. The first-order chi connectivity index (χ1) is 9.77. The molecule has 2 aromatic rings. The van der Waals surface area contributed by atoms with Gasteiger partial charge in [-0.3, -0.25) is 0 Å². The topological polar surface area (TPSA) is 0 Å². The van der Waals surface area contributed by atoms with Gasteiger partial charge in [-0.25, -0.2) is 0 Å². The third-order valence-corrected chi connectivity index (χ3v) is 4.12. The van der Waals surface area contributed by atoms with Crippen molar-refractivity contribution in [3.8, 4) is 0 Å². The van der Waals surface area contributed by atoms with Crippen LogP contribution >= 0.6 is 11.6 Å². The fourth-order valence-electron chi connectivity index (χ4n) is 1.93. The molecule has 0 fully saturated rings. The van der Waals surface area contributed by atoms with Crippen LogP contribution in [0.1, 0.15) is 52.2 Å². The van der Waals surface area contributed by atoms with E-state index in [1.54, 1.807) is 0 Å². The zero-order chi connectivity index (χ0) is 15.9. The van der Waals surface area contributed by atoms with E-state index in [-0.39, 0.29) is 4.87 Å². The van der Waals surface area contributed by atoms with Crippen molar-refractivity contribution in [3.05, 3.63) is 71.8 Å². The summed E-state index contributed by atoms with van der Waals surface area (Å²) < 4.78 is 0. The van der Waals surface area contributed by atoms with Crippen LogP contribution in [0.4, 0.5) is 0 Å². The van der Waals surface area contributed by atoms with Gasteiger partial charge >= 0.3 is 0 Å². The summed E-state index contributed by atoms with van der Waals surface area (Å²) in [4.78, 5) is -0.235. The predicted octanol–water partition coefficient (Wildman–Crippen LogP) is 6.53. The second-order valence-electron chi connectivity index (χ2n) is 6.44. The molecule has 0 aliphatic rings. The van der Waals surface area contributed by atoms with Crippen LogP contribution in [0.5, 0.6) is 0 Å². The minimum atomic E-state index is -0.235. The summed E-state index contributed by atoms with van der Waals surface area (Å²) >= 11 is 6.06. The first-order valence-electron chi connectivity index (χ1n) is 7.57. The van der Waals surface area contributed by atoms with Gasteiger partial charge in [-0.15, -0.1) is 11.6 Å². The van der Waals surface area contributed by atoms with E-state index in [0.29, 0.717) is 5.41 Å². The number of alkyl halides is 1. The minimum absolute atomic E-state index is 0.235. The molecule has 0 amide bonds. The Morgan fingerprint density at radius 2 is 1.10 bits per heavy atom. The molecule has 0 aliphatic carbocycles. The fraction of sp³-hybridized carbons (Fsp3) is 0.400. The van der Waals surface area contributed by atoms with Crippen LogP contribution in [0.25, 0.3) is 0 Å². The van der Waals surface area contributed by atoms with Gasteiger partial charge in [0.15, 0.2) is 0 Å². The normalized spacial score (nSPS) is 11.5. The van der Waals surface area contributed by atoms with E-state index in [2.05, 4.69) is 51.1 Å². The predicted molar refractivity (Wildman–Crippen MR) is 95.1 cm³/mol. The van der Waals surface area contributed by atoms with E-state index in [0.717, 1.165) is 5.56 Å². The maximum absolute atomic E-state index is 6.06. The summed E-state index contributed by atoms with van der Waals surface area (Å²) in [5.74, 6) is 0. The Morgan fingerprint density at radius 1 is 0.714 bits per heavy atom. The van der Waals surface area contributed by atoms with Crippen LogP contribution < -0.4 is 0 Å². The molecular weight excluding hydrogens is 276 g/mol. The van der Waals surface area contributed by atoms with Crippen LogP contribution in [0, 0.1) is 0 Å². The molecule has 0 saturated carbocycles. The van der Waals surface area contributed by atoms with Crippen molar-refractivity contribution >= 4 is 11.6 Å². The largest absolute Gasteiger partial charge is 0.115 e. The molecule has 0 aliphatic heterocycles. The van der Waals surface area contributed by atoms with Gasteiger partial charge in [0.05, 0.1) is 4.87 Å². The van der Waals surface area contributed by atoms with E-state index >= 15 is 0 Å². The summed E-state index contributed by atoms with van der Waals surface area (Å²) in [6, 6.07) is 20.7. The third-order valence-electron chi connectivity index (χ3n) is 3.90. The van der Waals surface area contributed by atoms with Crippen molar-refractivity contribution in [2.24, 2.45) is 0 Å². The lowest BCUT2D eigenvalue weighted by molar-refractivity contribution is 0.506. The lowest BCUT2D eigenvalue weighted by atomic mass is 9.82. The number of rotatable bonds is 3. The van der Waals surface area contributed by atoms with Crippen molar-refractivity contribution in [2.75, 3.05) is 0 Å². The molecule has 0 heterocycles. The van der Waals surface area contributed by atoms with Crippen molar-refractivity contribution in [1.82, 2.24) is 0 Å². The van der Waals surface area contributed by atoms with Crippen LogP contribution in [0.3, 0.4) is 0 Å². The molecule has 0 aromatic heterocycles. The Labute approximate surface area is 135 Å². The maximum Gasteiger partial charge on any atom is 0.0638 e.